The molecule has 2 aliphatic heterocycles. The minimum Gasteiger partial charge on any atom is -0.464 e. The first-order valence-electron chi connectivity index (χ1n) is 13.5. The van der Waals surface area contributed by atoms with Crippen LogP contribution in [-0.4, -0.2) is 90.6 Å². The van der Waals surface area contributed by atoms with Gasteiger partial charge in [0.2, 0.25) is 5.69 Å². The van der Waals surface area contributed by atoms with Gasteiger partial charge in [0.25, 0.3) is 10.1 Å². The molecule has 42 heavy (non-hydrogen) atoms. The van der Waals surface area contributed by atoms with Crippen LogP contribution < -0.4 is 5.73 Å². The van der Waals surface area contributed by atoms with Crippen molar-refractivity contribution >= 4 is 38.7 Å². The summed E-state index contributed by atoms with van der Waals surface area (Å²) in [7, 11) is -7.15. The lowest BCUT2D eigenvalue weighted by atomic mass is 9.89. The Morgan fingerprint density at radius 2 is 1.57 bits per heavy atom. The average Bonchev–Trinajstić information content (AvgIpc) is 3.47. The van der Waals surface area contributed by atoms with Crippen LogP contribution in [0, 0.1) is 0 Å². The van der Waals surface area contributed by atoms with Crippen LogP contribution in [0.3, 0.4) is 0 Å². The molecule has 1 fully saturated rings. The van der Waals surface area contributed by atoms with E-state index in [1.807, 2.05) is 47.0 Å². The molecular weight excluding hydrogens is 605 g/mol. The first-order valence-corrected chi connectivity index (χ1v) is 20.8. The van der Waals surface area contributed by atoms with E-state index in [0.717, 1.165) is 24.3 Å². The zero-order valence-corrected chi connectivity index (χ0v) is 29.2. The summed E-state index contributed by atoms with van der Waals surface area (Å²) < 4.78 is 62.2. The molecule has 2 N–H and O–H groups in total. The van der Waals surface area contributed by atoms with Gasteiger partial charge in [-0.15, -0.1) is 5.10 Å². The highest BCUT2D eigenvalue weighted by Gasteiger charge is 2.68. The Balaban J connectivity index is 2.29. The fourth-order valence-electron chi connectivity index (χ4n) is 4.18. The van der Waals surface area contributed by atoms with E-state index in [4.69, 9.17) is 33.0 Å². The van der Waals surface area contributed by atoms with Crippen molar-refractivity contribution in [3.63, 3.8) is 0 Å². The lowest BCUT2D eigenvalue weighted by Crippen LogP contribution is -2.59. The Kier molecular flexibility index (Phi) is 9.06. The molecular formula is C25H44N4O10SSi2. The van der Waals surface area contributed by atoms with Gasteiger partial charge in [-0.3, -0.25) is 0 Å². The van der Waals surface area contributed by atoms with Crippen molar-refractivity contribution in [3.05, 3.63) is 22.5 Å². The molecule has 0 radical (unpaired) electrons. The zero-order chi connectivity index (χ0) is 32.3. The fourth-order valence-corrected chi connectivity index (χ4v) is 7.69. The summed E-state index contributed by atoms with van der Waals surface area (Å²) in [6.45, 7) is 20.1. The van der Waals surface area contributed by atoms with Crippen LogP contribution in [0.15, 0.2) is 11.1 Å². The molecule has 3 heterocycles. The van der Waals surface area contributed by atoms with Crippen molar-refractivity contribution in [2.75, 3.05) is 20.8 Å². The van der Waals surface area contributed by atoms with Gasteiger partial charge >= 0.3 is 11.9 Å². The minimum atomic E-state index is -4.26. The maximum Gasteiger partial charge on any atom is 0.361 e. The van der Waals surface area contributed by atoms with E-state index in [1.165, 1.54) is 0 Å². The minimum absolute atomic E-state index is 0.111. The molecule has 0 bridgehead atoms. The number of nitrogens with two attached hydrogens (primary N) is 1. The number of rotatable bonds is 8. The zero-order valence-electron chi connectivity index (χ0n) is 26.4. The van der Waals surface area contributed by atoms with Crippen LogP contribution in [0.4, 0.5) is 0 Å². The number of esters is 2. The van der Waals surface area contributed by atoms with E-state index in [9.17, 15) is 18.0 Å². The summed E-state index contributed by atoms with van der Waals surface area (Å²) in [5.74, 6) is -1.89. The van der Waals surface area contributed by atoms with Crippen molar-refractivity contribution in [3.8, 4) is 0 Å². The number of ether oxygens (including phenoxy) is 3. The van der Waals surface area contributed by atoms with E-state index in [-0.39, 0.29) is 28.1 Å². The predicted octanol–water partition coefficient (Wildman–Crippen LogP) is 3.06. The van der Waals surface area contributed by atoms with Gasteiger partial charge in [-0.25, -0.2) is 18.5 Å². The molecule has 238 valence electrons. The molecule has 3 rings (SSSR count). The lowest BCUT2D eigenvalue weighted by molar-refractivity contribution is -0.0606. The van der Waals surface area contributed by atoms with Gasteiger partial charge in [-0.2, -0.15) is 8.42 Å². The van der Waals surface area contributed by atoms with Crippen LogP contribution in [0.2, 0.25) is 36.3 Å². The first kappa shape index (κ1) is 34.3. The summed E-state index contributed by atoms with van der Waals surface area (Å²) in [5, 5.41) is 8.23. The Labute approximate surface area is 249 Å². The average molecular weight is 649 g/mol. The highest BCUT2D eigenvalue weighted by molar-refractivity contribution is 7.90. The topological polar surface area (TPSA) is 180 Å². The van der Waals surface area contributed by atoms with Crippen LogP contribution in [0.1, 0.15) is 68.7 Å². The van der Waals surface area contributed by atoms with Crippen molar-refractivity contribution in [1.29, 1.82) is 0 Å². The molecule has 4 atom stereocenters. The second-order valence-electron chi connectivity index (χ2n) is 13.5. The summed E-state index contributed by atoms with van der Waals surface area (Å²) in [5.41, 5.74) is 3.66. The number of hydrogen-bond donors (Lipinski definition) is 1. The Morgan fingerprint density at radius 3 is 2.02 bits per heavy atom. The maximum atomic E-state index is 13.0. The van der Waals surface area contributed by atoms with Crippen molar-refractivity contribution in [2.45, 2.75) is 102 Å². The van der Waals surface area contributed by atoms with Gasteiger partial charge in [0.1, 0.15) is 12.2 Å². The number of methoxy groups -OCH3 is 2. The van der Waals surface area contributed by atoms with E-state index in [0.29, 0.717) is 0 Å². The molecule has 2 aliphatic rings. The number of nitrogens with zero attached hydrogens (tertiary/aromatic N) is 3. The first-order chi connectivity index (χ1) is 19.0. The molecule has 1 aromatic rings. The van der Waals surface area contributed by atoms with E-state index in [2.05, 4.69) is 31.1 Å². The Bertz CT molecular complexity index is 1360. The Morgan fingerprint density at radius 1 is 1.02 bits per heavy atom. The van der Waals surface area contributed by atoms with Crippen LogP contribution in [0.25, 0.3) is 0 Å². The molecule has 1 spiro atoms. The SMILES string of the molecule is COC(=O)c1nnn([C@@H]2OC(CO[Si](C)(C)C(C)(C)C)C3(OS(=O)(=O)C=C3N)[C@H]2O[Si](C)(C)C(C)(C)C)c1C(=O)OC. The van der Waals surface area contributed by atoms with E-state index < -0.39 is 68.4 Å². The molecule has 2 unspecified atom stereocenters. The van der Waals surface area contributed by atoms with Gasteiger partial charge in [0.15, 0.2) is 34.2 Å². The van der Waals surface area contributed by atoms with E-state index in [1.54, 1.807) is 0 Å². The van der Waals surface area contributed by atoms with Gasteiger partial charge in [-0.05, 0) is 36.3 Å². The standard InChI is InChI=1S/C25H44N4O10SSi2/c1-23(2,3)41(9,10)36-13-16-25(15(26)14-40(32,33)39-25)19(38-42(11,12)24(4,5)6)20(37-16)29-18(22(31)35-8)17(27-28-29)21(30)34-7/h14,16,19-20H,13,26H2,1-12H3/t16?,19-,20+,25?/m0/s1. The molecule has 17 heteroatoms. The highest BCUT2D eigenvalue weighted by Crippen LogP contribution is 2.52. The van der Waals surface area contributed by atoms with E-state index >= 15 is 0 Å². The van der Waals surface area contributed by atoms with Crippen molar-refractivity contribution in [2.24, 2.45) is 5.73 Å². The van der Waals surface area contributed by atoms with Gasteiger partial charge in [-0.1, -0.05) is 46.8 Å². The summed E-state index contributed by atoms with van der Waals surface area (Å²) in [6, 6.07) is 0. The highest BCUT2D eigenvalue weighted by atomic mass is 32.2. The monoisotopic (exact) mass is 648 g/mol. The van der Waals surface area contributed by atoms with Crippen LogP contribution >= 0.6 is 0 Å². The Hall–Kier alpha value is -2.16. The third-order valence-corrected chi connectivity index (χ3v) is 18.8. The molecule has 0 saturated carbocycles. The third kappa shape index (κ3) is 5.96. The molecule has 1 saturated heterocycles. The van der Waals surface area contributed by atoms with Gasteiger partial charge < -0.3 is 28.8 Å². The third-order valence-electron chi connectivity index (χ3n) is 8.76. The predicted molar refractivity (Wildman–Crippen MR) is 157 cm³/mol. The smallest absolute Gasteiger partial charge is 0.361 e. The quantitative estimate of drug-likeness (QED) is 0.247. The number of aromatic nitrogens is 3. The molecule has 1 aromatic heterocycles. The van der Waals surface area contributed by atoms with Crippen molar-refractivity contribution in [1.82, 2.24) is 15.0 Å². The van der Waals surface area contributed by atoms with Crippen molar-refractivity contribution < 1.29 is 45.3 Å². The van der Waals surface area contributed by atoms with Crippen LogP contribution in [-0.2, 0) is 37.4 Å². The van der Waals surface area contributed by atoms with Gasteiger partial charge in [0.05, 0.1) is 31.9 Å². The maximum absolute atomic E-state index is 13.0. The van der Waals surface area contributed by atoms with Gasteiger partial charge in [0, 0.05) is 0 Å². The molecule has 0 aromatic carbocycles. The normalized spacial score (nSPS) is 26.4. The summed E-state index contributed by atoms with van der Waals surface area (Å²) in [6.07, 6.45) is -3.74. The summed E-state index contributed by atoms with van der Waals surface area (Å²) in [4.78, 5) is 25.5. The number of hydrogen-bond acceptors (Lipinski definition) is 13. The fraction of sp³-hybridized carbons (Fsp3) is 0.760. The lowest BCUT2D eigenvalue weighted by Gasteiger charge is -2.43. The summed E-state index contributed by atoms with van der Waals surface area (Å²) >= 11 is 0. The second-order valence-corrected chi connectivity index (χ2v) is 24.5. The number of carbonyl (C=O) groups excluding carboxylic acids is 2. The number of carbonyl (C=O) groups is 2. The molecule has 0 aliphatic carbocycles. The van der Waals surface area contributed by atoms with Crippen LogP contribution in [0.5, 0.6) is 0 Å². The second kappa shape index (κ2) is 11.1. The molecule has 0 amide bonds. The molecule has 14 nitrogen and oxygen atoms in total. The largest absolute Gasteiger partial charge is 0.464 e.